The Balaban J connectivity index is 2.48. The fraction of sp³-hybridized carbons (Fsp3) is 0.0769. The summed E-state index contributed by atoms with van der Waals surface area (Å²) in [5, 5.41) is 10.0. The highest BCUT2D eigenvalue weighted by molar-refractivity contribution is 14.1. The smallest absolute Gasteiger partial charge is 0.164 e. The van der Waals surface area contributed by atoms with Gasteiger partial charge in [0.2, 0.25) is 0 Å². The number of benzene rings is 2. The Labute approximate surface area is 115 Å². The van der Waals surface area contributed by atoms with Crippen molar-refractivity contribution in [2.75, 3.05) is 0 Å². The zero-order valence-electron chi connectivity index (χ0n) is 9.00. The molecule has 1 nitrogen and oxygen atoms in total. The van der Waals surface area contributed by atoms with Crippen LogP contribution in [0.5, 0.6) is 0 Å². The van der Waals surface area contributed by atoms with Gasteiger partial charge < -0.3 is 5.11 Å². The molecule has 2 aromatic carbocycles. The summed E-state index contributed by atoms with van der Waals surface area (Å²) in [7, 11) is 0. The fourth-order valence-electron chi connectivity index (χ4n) is 1.62. The van der Waals surface area contributed by atoms with Gasteiger partial charge in [0.1, 0.15) is 11.9 Å². The molecule has 5 heteroatoms. The van der Waals surface area contributed by atoms with Gasteiger partial charge in [-0.15, -0.1) is 0 Å². The van der Waals surface area contributed by atoms with E-state index in [-0.39, 0.29) is 5.56 Å². The standard InChI is InChI=1S/C13H8F3IO/c14-7-4-5-8(11(17)6-7)13(18)9-2-1-3-10(15)12(9)16/h1-6,13,18H. The molecule has 0 aliphatic rings. The lowest BCUT2D eigenvalue weighted by Gasteiger charge is -2.14. The van der Waals surface area contributed by atoms with Crippen LogP contribution in [-0.2, 0) is 0 Å². The van der Waals surface area contributed by atoms with E-state index in [1.807, 2.05) is 22.6 Å². The summed E-state index contributed by atoms with van der Waals surface area (Å²) in [5.41, 5.74) is 0.168. The van der Waals surface area contributed by atoms with Gasteiger partial charge in [0.25, 0.3) is 0 Å². The molecule has 94 valence electrons. The highest BCUT2D eigenvalue weighted by Gasteiger charge is 2.19. The topological polar surface area (TPSA) is 20.2 Å². The van der Waals surface area contributed by atoms with Crippen molar-refractivity contribution in [1.82, 2.24) is 0 Å². The Morgan fingerprint density at radius 2 is 1.72 bits per heavy atom. The monoisotopic (exact) mass is 364 g/mol. The van der Waals surface area contributed by atoms with Crippen LogP contribution in [0.1, 0.15) is 17.2 Å². The Kier molecular flexibility index (Phi) is 3.91. The van der Waals surface area contributed by atoms with Gasteiger partial charge in [-0.3, -0.25) is 0 Å². The van der Waals surface area contributed by atoms with E-state index in [0.29, 0.717) is 9.13 Å². The molecule has 2 aromatic rings. The van der Waals surface area contributed by atoms with Gasteiger partial charge in [-0.05, 0) is 46.4 Å². The second-order valence-corrected chi connectivity index (χ2v) is 4.87. The SMILES string of the molecule is OC(c1ccc(F)cc1I)c1cccc(F)c1F. The minimum atomic E-state index is -1.33. The molecule has 2 rings (SSSR count). The molecular weight excluding hydrogens is 356 g/mol. The largest absolute Gasteiger partial charge is 0.384 e. The third kappa shape index (κ3) is 2.51. The molecule has 1 unspecified atom stereocenters. The number of aliphatic hydroxyl groups excluding tert-OH is 1. The van der Waals surface area contributed by atoms with E-state index >= 15 is 0 Å². The Bertz CT molecular complexity index is 586. The third-order valence-corrected chi connectivity index (χ3v) is 3.47. The van der Waals surface area contributed by atoms with Crippen LogP contribution in [0.15, 0.2) is 36.4 Å². The minimum absolute atomic E-state index is 0.167. The lowest BCUT2D eigenvalue weighted by Crippen LogP contribution is -2.06. The van der Waals surface area contributed by atoms with Crippen LogP contribution in [0.4, 0.5) is 13.2 Å². The number of halogens is 4. The molecule has 0 bridgehead atoms. The van der Waals surface area contributed by atoms with Crippen LogP contribution in [0.3, 0.4) is 0 Å². The first-order chi connectivity index (χ1) is 8.50. The van der Waals surface area contributed by atoms with Crippen molar-refractivity contribution in [3.63, 3.8) is 0 Å². The van der Waals surface area contributed by atoms with Crippen molar-refractivity contribution in [3.05, 3.63) is 68.5 Å². The van der Waals surface area contributed by atoms with Gasteiger partial charge in [0.05, 0.1) is 0 Å². The van der Waals surface area contributed by atoms with E-state index in [0.717, 1.165) is 12.1 Å². The van der Waals surface area contributed by atoms with Crippen LogP contribution < -0.4 is 0 Å². The zero-order valence-corrected chi connectivity index (χ0v) is 11.2. The molecule has 0 radical (unpaired) electrons. The maximum absolute atomic E-state index is 13.5. The fourth-order valence-corrected chi connectivity index (χ4v) is 2.39. The Morgan fingerprint density at radius 3 is 2.39 bits per heavy atom. The van der Waals surface area contributed by atoms with E-state index in [9.17, 15) is 18.3 Å². The molecule has 1 atom stereocenters. The molecule has 0 fully saturated rings. The predicted molar refractivity (Wildman–Crippen MR) is 69.5 cm³/mol. The van der Waals surface area contributed by atoms with Crippen molar-refractivity contribution < 1.29 is 18.3 Å². The quantitative estimate of drug-likeness (QED) is 0.805. The Morgan fingerprint density at radius 1 is 1.00 bits per heavy atom. The highest BCUT2D eigenvalue weighted by atomic mass is 127. The molecule has 0 aliphatic carbocycles. The minimum Gasteiger partial charge on any atom is -0.384 e. The maximum Gasteiger partial charge on any atom is 0.164 e. The van der Waals surface area contributed by atoms with Crippen LogP contribution in [0.2, 0.25) is 0 Å². The summed E-state index contributed by atoms with van der Waals surface area (Å²) in [4.78, 5) is 0. The molecule has 0 heterocycles. The third-order valence-electron chi connectivity index (χ3n) is 2.53. The van der Waals surface area contributed by atoms with E-state index in [4.69, 9.17) is 0 Å². The summed E-state index contributed by atoms with van der Waals surface area (Å²) < 4.78 is 40.0. The maximum atomic E-state index is 13.5. The van der Waals surface area contributed by atoms with Crippen LogP contribution in [0.25, 0.3) is 0 Å². The number of aliphatic hydroxyl groups is 1. The first-order valence-electron chi connectivity index (χ1n) is 5.07. The van der Waals surface area contributed by atoms with Crippen molar-refractivity contribution >= 4 is 22.6 Å². The summed E-state index contributed by atoms with van der Waals surface area (Å²) in [6.07, 6.45) is -1.33. The summed E-state index contributed by atoms with van der Waals surface area (Å²) in [6.45, 7) is 0. The lowest BCUT2D eigenvalue weighted by molar-refractivity contribution is 0.212. The van der Waals surface area contributed by atoms with E-state index in [1.54, 1.807) is 0 Å². The molecule has 0 saturated carbocycles. The molecule has 0 aromatic heterocycles. The van der Waals surface area contributed by atoms with Crippen molar-refractivity contribution in [2.45, 2.75) is 6.10 Å². The van der Waals surface area contributed by atoms with Gasteiger partial charge in [-0.1, -0.05) is 18.2 Å². The van der Waals surface area contributed by atoms with Gasteiger partial charge in [0, 0.05) is 9.13 Å². The lowest BCUT2D eigenvalue weighted by atomic mass is 10.0. The van der Waals surface area contributed by atoms with E-state index in [1.165, 1.54) is 24.3 Å². The van der Waals surface area contributed by atoms with Crippen molar-refractivity contribution in [2.24, 2.45) is 0 Å². The summed E-state index contributed by atoms with van der Waals surface area (Å²) in [5.74, 6) is -2.57. The zero-order chi connectivity index (χ0) is 13.3. The van der Waals surface area contributed by atoms with Crippen molar-refractivity contribution in [3.8, 4) is 0 Å². The molecule has 0 amide bonds. The van der Waals surface area contributed by atoms with Gasteiger partial charge >= 0.3 is 0 Å². The van der Waals surface area contributed by atoms with Gasteiger partial charge in [-0.2, -0.15) is 0 Å². The first-order valence-corrected chi connectivity index (χ1v) is 6.15. The van der Waals surface area contributed by atoms with E-state index in [2.05, 4.69) is 0 Å². The Hall–Kier alpha value is -1.08. The molecule has 18 heavy (non-hydrogen) atoms. The predicted octanol–water partition coefficient (Wildman–Crippen LogP) is 3.79. The van der Waals surface area contributed by atoms with Gasteiger partial charge in [0.15, 0.2) is 11.6 Å². The van der Waals surface area contributed by atoms with E-state index < -0.39 is 23.6 Å². The summed E-state index contributed by atoms with van der Waals surface area (Å²) in [6, 6.07) is 7.32. The normalized spacial score (nSPS) is 12.5. The van der Waals surface area contributed by atoms with Crippen LogP contribution in [-0.4, -0.2) is 5.11 Å². The second kappa shape index (κ2) is 5.27. The van der Waals surface area contributed by atoms with Crippen LogP contribution >= 0.6 is 22.6 Å². The molecule has 0 aliphatic heterocycles. The molecule has 1 N–H and O–H groups in total. The number of rotatable bonds is 2. The number of hydrogen-bond acceptors (Lipinski definition) is 1. The summed E-state index contributed by atoms with van der Waals surface area (Å²) >= 11 is 1.83. The first kappa shape index (κ1) is 13.4. The molecule has 0 saturated heterocycles. The molecular formula is C13H8F3IO. The van der Waals surface area contributed by atoms with Crippen molar-refractivity contribution in [1.29, 1.82) is 0 Å². The van der Waals surface area contributed by atoms with Gasteiger partial charge in [-0.25, -0.2) is 13.2 Å². The van der Waals surface area contributed by atoms with Crippen LogP contribution in [0, 0.1) is 21.0 Å². The average Bonchev–Trinajstić information content (AvgIpc) is 2.32. The highest BCUT2D eigenvalue weighted by Crippen LogP contribution is 2.29. The number of hydrogen-bond donors (Lipinski definition) is 1. The second-order valence-electron chi connectivity index (χ2n) is 3.71. The average molecular weight is 364 g/mol. The molecule has 0 spiro atoms.